The third-order valence-corrected chi connectivity index (χ3v) is 7.64. The summed E-state index contributed by atoms with van der Waals surface area (Å²) in [7, 11) is 0. The summed E-state index contributed by atoms with van der Waals surface area (Å²) in [5.74, 6) is -0.407. The van der Waals surface area contributed by atoms with Crippen LogP contribution in [0.25, 0.3) is 11.1 Å². The van der Waals surface area contributed by atoms with Crippen molar-refractivity contribution < 1.29 is 24.2 Å². The fourth-order valence-electron chi connectivity index (χ4n) is 4.90. The van der Waals surface area contributed by atoms with E-state index in [2.05, 4.69) is 26.6 Å². The number of rotatable bonds is 12. The van der Waals surface area contributed by atoms with Gasteiger partial charge in [-0.25, -0.2) is 0 Å². The number of aryl methyl sites for hydroxylation is 1. The Kier molecular flexibility index (Phi) is 10.4. The molecule has 0 saturated carbocycles. The van der Waals surface area contributed by atoms with Gasteiger partial charge in [0.15, 0.2) is 0 Å². The highest BCUT2D eigenvalue weighted by atomic mass is 79.9. The van der Waals surface area contributed by atoms with E-state index in [1.807, 2.05) is 97.1 Å². The van der Waals surface area contributed by atoms with Gasteiger partial charge in [-0.2, -0.15) is 0 Å². The van der Waals surface area contributed by atoms with Gasteiger partial charge in [0.05, 0.1) is 23.7 Å². The average molecular weight is 664 g/mol. The Morgan fingerprint density at radius 3 is 2.16 bits per heavy atom. The third-order valence-electron chi connectivity index (χ3n) is 7.15. The Hall–Kier alpha value is -5.21. The van der Waals surface area contributed by atoms with E-state index in [1.165, 1.54) is 0 Å². The number of carbonyl (C=O) groups is 3. The molecular weight excluding hydrogens is 632 g/mol. The Bertz CT molecular complexity index is 1780. The first-order valence-electron chi connectivity index (χ1n) is 14.4. The molecule has 1 atom stereocenters. The molecule has 0 aliphatic rings. The summed E-state index contributed by atoms with van der Waals surface area (Å²) in [6, 6.07) is 38.3. The summed E-state index contributed by atoms with van der Waals surface area (Å²) in [6.07, 6.45) is 0.477. The molecule has 0 radical (unpaired) electrons. The monoisotopic (exact) mass is 662 g/mol. The van der Waals surface area contributed by atoms with Gasteiger partial charge in [-0.3, -0.25) is 14.4 Å². The third kappa shape index (κ3) is 8.68. The maximum absolute atomic E-state index is 13.6. The molecule has 0 heterocycles. The maximum atomic E-state index is 13.6. The molecule has 8 heteroatoms. The molecule has 0 aromatic heterocycles. The number of aliphatic carboxylic acids is 1. The Morgan fingerprint density at radius 2 is 1.44 bits per heavy atom. The van der Waals surface area contributed by atoms with Crippen molar-refractivity contribution in [3.05, 3.63) is 149 Å². The lowest BCUT2D eigenvalue weighted by molar-refractivity contribution is -0.137. The zero-order valence-electron chi connectivity index (χ0n) is 24.3. The van der Waals surface area contributed by atoms with E-state index in [1.54, 1.807) is 30.3 Å². The normalized spacial score (nSPS) is 11.3. The summed E-state index contributed by atoms with van der Waals surface area (Å²) in [5, 5.41) is 15.4. The second-order valence-corrected chi connectivity index (χ2v) is 11.3. The quantitative estimate of drug-likeness (QED) is 0.124. The molecule has 1 unspecified atom stereocenters. The minimum absolute atomic E-state index is 0.219. The highest BCUT2D eigenvalue weighted by molar-refractivity contribution is 9.10. The lowest BCUT2D eigenvalue weighted by Gasteiger charge is -2.20. The molecule has 0 aliphatic carbocycles. The predicted molar refractivity (Wildman–Crippen MR) is 178 cm³/mol. The number of carbonyl (C=O) groups excluding carboxylic acids is 2. The van der Waals surface area contributed by atoms with Crippen LogP contribution in [0.15, 0.2) is 132 Å². The van der Waals surface area contributed by atoms with Crippen molar-refractivity contribution in [1.82, 2.24) is 5.32 Å². The van der Waals surface area contributed by atoms with E-state index in [0.29, 0.717) is 33.6 Å². The first-order valence-corrected chi connectivity index (χ1v) is 15.2. The summed E-state index contributed by atoms with van der Waals surface area (Å²) in [5.41, 5.74) is 3.96. The second kappa shape index (κ2) is 15.0. The Labute approximate surface area is 270 Å². The fraction of sp³-hybridized carbons (Fsp3) is 0.108. The van der Waals surface area contributed by atoms with Crippen LogP contribution in [0.5, 0.6) is 11.5 Å². The van der Waals surface area contributed by atoms with Crippen molar-refractivity contribution in [1.29, 1.82) is 0 Å². The molecule has 0 saturated heterocycles. The number of anilines is 1. The zero-order valence-corrected chi connectivity index (χ0v) is 25.9. The van der Waals surface area contributed by atoms with Gasteiger partial charge in [-0.05, 0) is 59.5 Å². The van der Waals surface area contributed by atoms with Crippen LogP contribution in [-0.2, 0) is 16.0 Å². The van der Waals surface area contributed by atoms with Crippen molar-refractivity contribution in [3.8, 4) is 22.6 Å². The average Bonchev–Trinajstić information content (AvgIpc) is 3.05. The molecule has 5 aromatic rings. The zero-order chi connectivity index (χ0) is 31.6. The molecule has 2 amide bonds. The molecule has 7 nitrogen and oxygen atoms in total. The molecule has 0 spiro atoms. The SMILES string of the molecule is O=C(O)CC(NC(=O)c1cc(Br)ccc1NC(=O)CCc1ccccc1)c1ccc(-c2ccccc2Oc2ccccc2)cc1. The van der Waals surface area contributed by atoms with Crippen molar-refractivity contribution in [2.45, 2.75) is 25.3 Å². The van der Waals surface area contributed by atoms with Gasteiger partial charge in [0.2, 0.25) is 5.91 Å². The summed E-state index contributed by atoms with van der Waals surface area (Å²) < 4.78 is 6.76. The number of hydrogen-bond donors (Lipinski definition) is 3. The van der Waals surface area contributed by atoms with Crippen LogP contribution < -0.4 is 15.4 Å². The van der Waals surface area contributed by atoms with Gasteiger partial charge >= 0.3 is 5.97 Å². The van der Waals surface area contributed by atoms with E-state index in [-0.39, 0.29) is 24.3 Å². The minimum Gasteiger partial charge on any atom is -0.481 e. The number of halogens is 1. The van der Waals surface area contributed by atoms with Crippen molar-refractivity contribution in [3.63, 3.8) is 0 Å². The Balaban J connectivity index is 1.33. The van der Waals surface area contributed by atoms with Crippen LogP contribution in [0, 0.1) is 0 Å². The number of para-hydroxylation sites is 2. The van der Waals surface area contributed by atoms with E-state index >= 15 is 0 Å². The van der Waals surface area contributed by atoms with Crippen molar-refractivity contribution >= 4 is 39.4 Å². The number of hydrogen-bond acceptors (Lipinski definition) is 4. The van der Waals surface area contributed by atoms with Crippen molar-refractivity contribution in [2.24, 2.45) is 0 Å². The lowest BCUT2D eigenvalue weighted by Crippen LogP contribution is -2.31. The molecule has 226 valence electrons. The predicted octanol–water partition coefficient (Wildman–Crippen LogP) is 8.43. The minimum atomic E-state index is -1.06. The number of amides is 2. The lowest BCUT2D eigenvalue weighted by atomic mass is 9.98. The molecule has 0 bridgehead atoms. The first-order chi connectivity index (χ1) is 21.9. The fourth-order valence-corrected chi connectivity index (χ4v) is 5.26. The number of nitrogens with one attached hydrogen (secondary N) is 2. The largest absolute Gasteiger partial charge is 0.481 e. The highest BCUT2D eigenvalue weighted by Gasteiger charge is 2.22. The number of ether oxygens (including phenoxy) is 1. The first kappa shape index (κ1) is 31.2. The van der Waals surface area contributed by atoms with E-state index in [9.17, 15) is 19.5 Å². The van der Waals surface area contributed by atoms with Gasteiger partial charge in [-0.1, -0.05) is 107 Å². The molecule has 5 aromatic carbocycles. The molecule has 45 heavy (non-hydrogen) atoms. The number of carboxylic acid groups (broad SMARTS) is 1. The van der Waals surface area contributed by atoms with E-state index in [0.717, 1.165) is 16.7 Å². The number of benzene rings is 5. The topological polar surface area (TPSA) is 105 Å². The van der Waals surface area contributed by atoms with Gasteiger partial charge in [0.1, 0.15) is 11.5 Å². The van der Waals surface area contributed by atoms with Gasteiger partial charge in [0, 0.05) is 16.5 Å². The van der Waals surface area contributed by atoms with E-state index in [4.69, 9.17) is 4.74 Å². The molecule has 3 N–H and O–H groups in total. The summed E-state index contributed by atoms with van der Waals surface area (Å²) in [4.78, 5) is 38.2. The van der Waals surface area contributed by atoms with Crippen LogP contribution in [0.1, 0.15) is 40.4 Å². The second-order valence-electron chi connectivity index (χ2n) is 10.4. The van der Waals surface area contributed by atoms with Crippen LogP contribution in [0.4, 0.5) is 5.69 Å². The Morgan fingerprint density at radius 1 is 0.778 bits per heavy atom. The van der Waals surface area contributed by atoms with Crippen LogP contribution in [-0.4, -0.2) is 22.9 Å². The molecule has 5 rings (SSSR count). The van der Waals surface area contributed by atoms with Crippen LogP contribution >= 0.6 is 15.9 Å². The van der Waals surface area contributed by atoms with Crippen LogP contribution in [0.3, 0.4) is 0 Å². The standard InChI is InChI=1S/C37H31BrN2O5/c38-28-20-21-32(39-35(41)22-15-25-9-3-1-4-10-25)31(23-28)37(44)40-33(24-36(42)43)27-18-16-26(17-19-27)30-13-7-8-14-34(30)45-29-11-5-2-6-12-29/h1-14,16-21,23,33H,15,22,24H2,(H,39,41)(H,40,44)(H,42,43). The van der Waals surface area contributed by atoms with E-state index < -0.39 is 17.9 Å². The molecule has 0 aliphatic heterocycles. The van der Waals surface area contributed by atoms with Crippen molar-refractivity contribution in [2.75, 3.05) is 5.32 Å². The van der Waals surface area contributed by atoms with Crippen LogP contribution in [0.2, 0.25) is 0 Å². The highest BCUT2D eigenvalue weighted by Crippen LogP contribution is 2.34. The maximum Gasteiger partial charge on any atom is 0.305 e. The summed E-state index contributed by atoms with van der Waals surface area (Å²) in [6.45, 7) is 0. The summed E-state index contributed by atoms with van der Waals surface area (Å²) >= 11 is 3.40. The van der Waals surface area contributed by atoms with Gasteiger partial charge in [0.25, 0.3) is 5.91 Å². The molecular formula is C37H31BrN2O5. The van der Waals surface area contributed by atoms with Gasteiger partial charge < -0.3 is 20.5 Å². The molecule has 0 fully saturated rings. The smallest absolute Gasteiger partial charge is 0.305 e. The number of carboxylic acids is 1. The van der Waals surface area contributed by atoms with Gasteiger partial charge in [-0.15, -0.1) is 0 Å².